The van der Waals surface area contributed by atoms with Crippen molar-refractivity contribution in [3.8, 4) is 23.1 Å². The molecule has 2 aliphatic heterocycles. The second-order valence-corrected chi connectivity index (χ2v) is 16.8. The van der Waals surface area contributed by atoms with Crippen LogP contribution < -0.4 is 10.6 Å². The lowest BCUT2D eigenvalue weighted by molar-refractivity contribution is -0.140. The smallest absolute Gasteiger partial charge is 0.407 e. The van der Waals surface area contributed by atoms with Gasteiger partial charge >= 0.3 is 12.2 Å². The molecule has 5 aromatic rings. The van der Waals surface area contributed by atoms with E-state index in [0.29, 0.717) is 37.6 Å². The number of carbonyl (C=O) groups is 4. The Morgan fingerprint density at radius 2 is 1.64 bits per heavy atom. The molecule has 4 N–H and O–H groups in total. The number of aromatic nitrogens is 4. The van der Waals surface area contributed by atoms with Gasteiger partial charge in [-0.3, -0.25) is 9.59 Å². The summed E-state index contributed by atoms with van der Waals surface area (Å²) in [6.07, 6.45) is 4.52. The summed E-state index contributed by atoms with van der Waals surface area (Å²) in [5.74, 6) is 6.44. The fourth-order valence-electron chi connectivity index (χ4n) is 8.49. The van der Waals surface area contributed by atoms with E-state index in [4.69, 9.17) is 14.5 Å². The second kappa shape index (κ2) is 16.4. The number of rotatable bonds is 9. The Kier molecular flexibility index (Phi) is 11.0. The number of hydrogen-bond donors (Lipinski definition) is 4. The van der Waals surface area contributed by atoms with Crippen molar-refractivity contribution in [2.24, 2.45) is 11.3 Å². The van der Waals surface area contributed by atoms with Crippen molar-refractivity contribution in [1.82, 2.24) is 40.4 Å². The number of nitrogens with one attached hydrogen (secondary N) is 4. The summed E-state index contributed by atoms with van der Waals surface area (Å²) < 4.78 is 24.4. The molecular formula is C46H49FN8O6. The quantitative estimate of drug-likeness (QED) is 0.114. The Labute approximate surface area is 353 Å². The van der Waals surface area contributed by atoms with E-state index >= 15 is 0 Å². The highest BCUT2D eigenvalue weighted by Crippen LogP contribution is 2.58. The van der Waals surface area contributed by atoms with Crippen molar-refractivity contribution in [2.45, 2.75) is 76.5 Å². The van der Waals surface area contributed by atoms with Gasteiger partial charge in [-0.25, -0.2) is 23.9 Å². The molecule has 0 unspecified atom stereocenters. The van der Waals surface area contributed by atoms with E-state index in [9.17, 15) is 23.6 Å². The molecule has 2 aromatic heterocycles. The van der Waals surface area contributed by atoms with Gasteiger partial charge in [0.15, 0.2) is 0 Å². The normalized spacial score (nSPS) is 19.3. The molecule has 3 aromatic carbocycles. The second-order valence-electron chi connectivity index (χ2n) is 16.8. The number of amides is 4. The molecule has 4 heterocycles. The number of ether oxygens (including phenoxy) is 2. The third-order valence-electron chi connectivity index (χ3n) is 12.6. The van der Waals surface area contributed by atoms with Crippen LogP contribution in [0.15, 0.2) is 72.9 Å². The Morgan fingerprint density at radius 1 is 0.918 bits per heavy atom. The van der Waals surface area contributed by atoms with E-state index in [1.807, 2.05) is 61.2 Å². The van der Waals surface area contributed by atoms with Gasteiger partial charge in [0, 0.05) is 29.8 Å². The fourth-order valence-corrected chi connectivity index (χ4v) is 8.49. The van der Waals surface area contributed by atoms with E-state index in [1.165, 1.54) is 32.4 Å². The minimum Gasteiger partial charge on any atom is -0.453 e. The van der Waals surface area contributed by atoms with E-state index in [-0.39, 0.29) is 28.8 Å². The number of fused-ring (bicyclic) bond motifs is 1. The largest absolute Gasteiger partial charge is 0.453 e. The number of alkyl carbamates (subject to hydrolysis) is 2. The van der Waals surface area contributed by atoms with Gasteiger partial charge in [-0.05, 0) is 92.3 Å². The number of benzene rings is 3. The standard InChI is InChI=1S/C46H49FN8O6/c1-27(2)45(3,53-44(59)61-5)42(57)55-26-46(20-21-46)24-37(55)40-49-33-19-16-29(23-34(33)50-40)13-12-28-14-17-30(18-15-28)35-25-48-39(51-35)36-11-8-22-54(36)41(56)38(52-43(58)60-4)31-9-6-7-10-32(31)47/h6-7,9-10,14-19,23,25,27,36-38H,8,11,20-22,24,26H2,1-5H3,(H,48,51)(H,49,50)(H,52,58)(H,53,59)/t36-,37-,38+,45-/m0/s1. The SMILES string of the molecule is COC(=O)N[C@@H](C(=O)N1CCC[C@H]1c1ncc(-c2ccc(C#Cc3ccc4nc([C@@H]5CC6(CC6)CN5C(=O)[C@@](C)(NC(=O)OC)C(C)C)[nH]c4c3)cc2)[nH]1)c1ccccc1F. The van der Waals surface area contributed by atoms with Crippen molar-refractivity contribution in [1.29, 1.82) is 0 Å². The number of imidazole rings is 2. The van der Waals surface area contributed by atoms with Gasteiger partial charge in [-0.1, -0.05) is 56.0 Å². The molecule has 8 rings (SSSR count). The third kappa shape index (κ3) is 8.14. The van der Waals surface area contributed by atoms with Crippen LogP contribution in [0.1, 0.15) is 99.3 Å². The topological polar surface area (TPSA) is 175 Å². The first-order valence-corrected chi connectivity index (χ1v) is 20.5. The minimum absolute atomic E-state index is 0.0532. The van der Waals surface area contributed by atoms with E-state index in [2.05, 4.69) is 37.4 Å². The molecule has 0 bridgehead atoms. The zero-order chi connectivity index (χ0) is 43.1. The summed E-state index contributed by atoms with van der Waals surface area (Å²) >= 11 is 0. The van der Waals surface area contributed by atoms with Crippen LogP contribution in [-0.2, 0) is 19.1 Å². The highest BCUT2D eigenvalue weighted by molar-refractivity contribution is 5.91. The first-order chi connectivity index (χ1) is 29.3. The molecule has 2 saturated heterocycles. The van der Waals surface area contributed by atoms with Crippen LogP contribution in [0.5, 0.6) is 0 Å². The maximum absolute atomic E-state index is 14.8. The van der Waals surface area contributed by atoms with Gasteiger partial charge in [-0.2, -0.15) is 0 Å². The number of halogens is 1. The maximum atomic E-state index is 14.8. The number of methoxy groups -OCH3 is 2. The van der Waals surface area contributed by atoms with Crippen LogP contribution in [-0.4, -0.2) is 86.6 Å². The predicted octanol–water partition coefficient (Wildman–Crippen LogP) is 7.08. The summed E-state index contributed by atoms with van der Waals surface area (Å²) in [5.41, 5.74) is 3.82. The molecule has 3 fully saturated rings. The van der Waals surface area contributed by atoms with Crippen LogP contribution in [0, 0.1) is 29.0 Å². The van der Waals surface area contributed by atoms with Crippen molar-refractivity contribution in [3.05, 3.63) is 107 Å². The van der Waals surface area contributed by atoms with Crippen molar-refractivity contribution >= 4 is 35.0 Å². The van der Waals surface area contributed by atoms with E-state index < -0.39 is 41.5 Å². The lowest BCUT2D eigenvalue weighted by Gasteiger charge is -2.38. The van der Waals surface area contributed by atoms with Gasteiger partial charge in [0.2, 0.25) is 5.91 Å². The molecule has 4 amide bonds. The summed E-state index contributed by atoms with van der Waals surface area (Å²) in [5, 5.41) is 5.31. The number of likely N-dealkylation sites (tertiary alicyclic amines) is 2. The van der Waals surface area contributed by atoms with Gasteiger partial charge < -0.3 is 39.9 Å². The zero-order valence-corrected chi connectivity index (χ0v) is 34.8. The highest BCUT2D eigenvalue weighted by Gasteiger charge is 2.57. The average molecular weight is 829 g/mol. The number of nitrogens with zero attached hydrogens (tertiary/aromatic N) is 4. The van der Waals surface area contributed by atoms with Crippen molar-refractivity contribution in [3.63, 3.8) is 0 Å². The van der Waals surface area contributed by atoms with Gasteiger partial charge in [0.05, 0.1) is 49.2 Å². The Morgan fingerprint density at radius 3 is 2.34 bits per heavy atom. The van der Waals surface area contributed by atoms with Crippen LogP contribution in [0.25, 0.3) is 22.3 Å². The Bertz CT molecular complexity index is 2550. The first-order valence-electron chi connectivity index (χ1n) is 20.5. The summed E-state index contributed by atoms with van der Waals surface area (Å²) in [6.45, 7) is 6.63. The highest BCUT2D eigenvalue weighted by atomic mass is 19.1. The third-order valence-corrected chi connectivity index (χ3v) is 12.6. The van der Waals surface area contributed by atoms with Crippen LogP contribution in [0.3, 0.4) is 0 Å². The molecule has 1 saturated carbocycles. The molecule has 61 heavy (non-hydrogen) atoms. The molecule has 15 heteroatoms. The number of aromatic amines is 2. The minimum atomic E-state index is -1.27. The number of carbonyl (C=O) groups excluding carboxylic acids is 4. The first kappa shape index (κ1) is 41.1. The van der Waals surface area contributed by atoms with Crippen LogP contribution in [0.2, 0.25) is 0 Å². The summed E-state index contributed by atoms with van der Waals surface area (Å²) in [7, 11) is 2.48. The fraction of sp³-hybridized carbons (Fsp3) is 0.391. The van der Waals surface area contributed by atoms with Gasteiger partial charge in [0.25, 0.3) is 5.91 Å². The predicted molar refractivity (Wildman–Crippen MR) is 224 cm³/mol. The van der Waals surface area contributed by atoms with E-state index in [1.54, 1.807) is 24.1 Å². The monoisotopic (exact) mass is 828 g/mol. The average Bonchev–Trinajstić information content (AvgIpc) is 3.75. The Hall–Kier alpha value is -6.69. The molecule has 4 atom stereocenters. The van der Waals surface area contributed by atoms with Gasteiger partial charge in [-0.15, -0.1) is 0 Å². The molecular weight excluding hydrogens is 780 g/mol. The maximum Gasteiger partial charge on any atom is 0.407 e. The van der Waals surface area contributed by atoms with Crippen LogP contribution >= 0.6 is 0 Å². The zero-order valence-electron chi connectivity index (χ0n) is 34.8. The number of H-pyrrole nitrogens is 2. The molecule has 1 spiro atoms. The molecule has 316 valence electrons. The Balaban J connectivity index is 0.959. The summed E-state index contributed by atoms with van der Waals surface area (Å²) in [4.78, 5) is 72.5. The van der Waals surface area contributed by atoms with Crippen molar-refractivity contribution < 1.29 is 33.0 Å². The van der Waals surface area contributed by atoms with Crippen molar-refractivity contribution in [2.75, 3.05) is 27.3 Å². The van der Waals surface area contributed by atoms with E-state index in [0.717, 1.165) is 52.7 Å². The summed E-state index contributed by atoms with van der Waals surface area (Å²) in [6, 6.07) is 17.5. The molecule has 3 aliphatic rings. The van der Waals surface area contributed by atoms with Gasteiger partial charge in [0.1, 0.15) is 29.0 Å². The lowest BCUT2D eigenvalue weighted by atomic mass is 9.86. The molecule has 0 radical (unpaired) electrons. The van der Waals surface area contributed by atoms with Crippen LogP contribution in [0.4, 0.5) is 14.0 Å². The molecule has 14 nitrogen and oxygen atoms in total. The number of hydrogen-bond acceptors (Lipinski definition) is 8. The molecule has 1 aliphatic carbocycles. The lowest BCUT2D eigenvalue weighted by Crippen LogP contribution is -2.60.